The van der Waals surface area contributed by atoms with E-state index in [2.05, 4.69) is 10.6 Å². The number of phenols is 1. The minimum Gasteiger partial charge on any atom is -0.508 e. The summed E-state index contributed by atoms with van der Waals surface area (Å²) in [7, 11) is 0. The van der Waals surface area contributed by atoms with Gasteiger partial charge in [0, 0.05) is 11.3 Å². The zero-order valence-electron chi connectivity index (χ0n) is 19.6. The second-order valence-corrected chi connectivity index (χ2v) is 8.17. The number of aromatic hydroxyl groups is 1. The lowest BCUT2D eigenvalue weighted by atomic mass is 10.1. The van der Waals surface area contributed by atoms with Crippen LogP contribution < -0.4 is 20.3 Å². The van der Waals surface area contributed by atoms with Gasteiger partial charge in [-0.2, -0.15) is 0 Å². The molecule has 3 N–H and O–H groups in total. The highest BCUT2D eigenvalue weighted by atomic mass is 16.5. The third kappa shape index (κ3) is 5.25. The van der Waals surface area contributed by atoms with E-state index in [0.717, 1.165) is 16.0 Å². The van der Waals surface area contributed by atoms with Crippen LogP contribution >= 0.6 is 0 Å². The van der Waals surface area contributed by atoms with E-state index in [1.165, 1.54) is 30.3 Å². The van der Waals surface area contributed by atoms with Gasteiger partial charge in [-0.1, -0.05) is 35.9 Å². The number of hydrogen-bond donors (Lipinski definition) is 3. The topological polar surface area (TPSA) is 125 Å². The summed E-state index contributed by atoms with van der Waals surface area (Å²) >= 11 is 0. The number of ether oxygens (including phenoxy) is 1. The molecule has 0 bridgehead atoms. The Morgan fingerprint density at radius 3 is 2.47 bits per heavy atom. The van der Waals surface area contributed by atoms with Crippen molar-refractivity contribution >= 4 is 41.2 Å². The molecule has 3 aromatic carbocycles. The predicted molar refractivity (Wildman–Crippen MR) is 134 cm³/mol. The van der Waals surface area contributed by atoms with Crippen LogP contribution in [0.1, 0.15) is 16.7 Å². The first-order valence-electron chi connectivity index (χ1n) is 11.0. The highest BCUT2D eigenvalue weighted by Gasteiger charge is 2.37. The Labute approximate surface area is 207 Å². The zero-order chi connectivity index (χ0) is 25.8. The van der Waals surface area contributed by atoms with Crippen LogP contribution in [-0.4, -0.2) is 35.5 Å². The number of carbonyl (C=O) groups excluding carboxylic acids is 4. The van der Waals surface area contributed by atoms with Crippen molar-refractivity contribution in [2.75, 3.05) is 16.8 Å². The van der Waals surface area contributed by atoms with E-state index in [1.54, 1.807) is 24.3 Å². The lowest BCUT2D eigenvalue weighted by Crippen LogP contribution is -2.54. The van der Waals surface area contributed by atoms with Crippen molar-refractivity contribution in [2.45, 2.75) is 13.8 Å². The Kier molecular flexibility index (Phi) is 6.82. The molecule has 0 saturated carbocycles. The number of phenolic OH excluding ortho intramolecular Hbond substituents is 1. The number of carbonyl (C=O) groups is 4. The molecule has 36 heavy (non-hydrogen) atoms. The molecular formula is C27H23N3O6. The first-order chi connectivity index (χ1) is 17.2. The summed E-state index contributed by atoms with van der Waals surface area (Å²) < 4.78 is 5.68. The molecule has 0 unspecified atom stereocenters. The van der Waals surface area contributed by atoms with E-state index in [9.17, 15) is 24.3 Å². The van der Waals surface area contributed by atoms with Gasteiger partial charge in [0.15, 0.2) is 6.61 Å². The minimum atomic E-state index is -0.902. The van der Waals surface area contributed by atoms with Crippen molar-refractivity contribution in [2.24, 2.45) is 0 Å². The molecule has 4 rings (SSSR count). The van der Waals surface area contributed by atoms with Gasteiger partial charge in [-0.15, -0.1) is 0 Å². The fourth-order valence-electron chi connectivity index (χ4n) is 3.66. The van der Waals surface area contributed by atoms with E-state index >= 15 is 0 Å². The maximum atomic E-state index is 13.1. The summed E-state index contributed by atoms with van der Waals surface area (Å²) in [5.41, 5.74) is 2.93. The SMILES string of the molecule is Cc1ccc(NC(=O)COc2ccccc2/C=C2/C(=O)NC(=O)N(c3ccc(O)cc3)C2=O)c(C)c1. The van der Waals surface area contributed by atoms with E-state index in [0.29, 0.717) is 11.3 Å². The Bertz CT molecular complexity index is 1390. The van der Waals surface area contributed by atoms with Crippen LogP contribution in [0, 0.1) is 13.8 Å². The van der Waals surface area contributed by atoms with Crippen LogP contribution in [0.2, 0.25) is 0 Å². The number of nitrogens with zero attached hydrogens (tertiary/aromatic N) is 1. The number of benzene rings is 3. The summed E-state index contributed by atoms with van der Waals surface area (Å²) in [5, 5.41) is 14.4. The van der Waals surface area contributed by atoms with E-state index < -0.39 is 17.8 Å². The van der Waals surface area contributed by atoms with Crippen molar-refractivity contribution in [1.82, 2.24) is 5.32 Å². The highest BCUT2D eigenvalue weighted by Crippen LogP contribution is 2.26. The summed E-state index contributed by atoms with van der Waals surface area (Å²) in [6.07, 6.45) is 1.30. The van der Waals surface area contributed by atoms with Gasteiger partial charge in [0.05, 0.1) is 5.69 Å². The number of para-hydroxylation sites is 1. The van der Waals surface area contributed by atoms with Gasteiger partial charge >= 0.3 is 6.03 Å². The lowest BCUT2D eigenvalue weighted by molar-refractivity contribution is -0.122. The number of hydrogen-bond acceptors (Lipinski definition) is 6. The molecule has 0 radical (unpaired) electrons. The number of amides is 5. The Morgan fingerprint density at radius 2 is 1.75 bits per heavy atom. The van der Waals surface area contributed by atoms with Gasteiger partial charge in [0.2, 0.25) is 0 Å². The Hall–Kier alpha value is -4.92. The summed E-state index contributed by atoms with van der Waals surface area (Å²) in [6.45, 7) is 3.56. The molecule has 0 aromatic heterocycles. The van der Waals surface area contributed by atoms with E-state index in [1.807, 2.05) is 32.0 Å². The van der Waals surface area contributed by atoms with Crippen LogP contribution in [0.15, 0.2) is 72.3 Å². The number of barbiturate groups is 1. The summed E-state index contributed by atoms with van der Waals surface area (Å²) in [6, 6.07) is 16.8. The van der Waals surface area contributed by atoms with Gasteiger partial charge < -0.3 is 15.2 Å². The maximum Gasteiger partial charge on any atom is 0.335 e. The van der Waals surface area contributed by atoms with Crippen molar-refractivity contribution in [3.63, 3.8) is 0 Å². The van der Waals surface area contributed by atoms with Gasteiger partial charge in [-0.05, 0) is 61.9 Å². The van der Waals surface area contributed by atoms with Crippen molar-refractivity contribution in [3.05, 3.63) is 89.0 Å². The predicted octanol–water partition coefficient (Wildman–Crippen LogP) is 3.69. The summed E-state index contributed by atoms with van der Waals surface area (Å²) in [5.74, 6) is -1.84. The Balaban J connectivity index is 1.54. The Morgan fingerprint density at radius 1 is 1.03 bits per heavy atom. The van der Waals surface area contributed by atoms with E-state index in [-0.39, 0.29) is 35.3 Å². The van der Waals surface area contributed by atoms with Crippen LogP contribution in [-0.2, 0) is 14.4 Å². The van der Waals surface area contributed by atoms with Crippen molar-refractivity contribution in [3.8, 4) is 11.5 Å². The molecule has 9 nitrogen and oxygen atoms in total. The maximum absolute atomic E-state index is 13.1. The summed E-state index contributed by atoms with van der Waals surface area (Å²) in [4.78, 5) is 51.2. The number of urea groups is 1. The number of rotatable bonds is 6. The average molecular weight is 485 g/mol. The molecule has 9 heteroatoms. The minimum absolute atomic E-state index is 0.0388. The highest BCUT2D eigenvalue weighted by molar-refractivity contribution is 6.39. The molecule has 0 atom stereocenters. The fraction of sp³-hybridized carbons (Fsp3) is 0.111. The molecule has 1 heterocycles. The van der Waals surface area contributed by atoms with Gasteiger partial charge in [0.25, 0.3) is 17.7 Å². The van der Waals surface area contributed by atoms with Crippen LogP contribution in [0.3, 0.4) is 0 Å². The van der Waals surface area contributed by atoms with Gasteiger partial charge in [0.1, 0.15) is 17.1 Å². The van der Waals surface area contributed by atoms with E-state index in [4.69, 9.17) is 4.74 Å². The van der Waals surface area contributed by atoms with Crippen LogP contribution in [0.5, 0.6) is 11.5 Å². The standard InChI is InChI=1S/C27H23N3O6/c1-16-7-12-22(17(2)13-16)28-24(32)15-36-23-6-4-3-5-18(23)14-21-25(33)29-27(35)30(26(21)34)19-8-10-20(31)11-9-19/h3-14,31H,15H2,1-2H3,(H,28,32)(H,29,33,35)/b21-14-. The molecule has 1 aliphatic rings. The van der Waals surface area contributed by atoms with Gasteiger partial charge in [-0.25, -0.2) is 9.69 Å². The second-order valence-electron chi connectivity index (χ2n) is 8.17. The first kappa shape index (κ1) is 24.2. The molecule has 5 amide bonds. The molecule has 0 aliphatic carbocycles. The third-order valence-corrected chi connectivity index (χ3v) is 5.44. The molecular weight excluding hydrogens is 462 g/mol. The third-order valence-electron chi connectivity index (χ3n) is 5.44. The zero-order valence-corrected chi connectivity index (χ0v) is 19.6. The van der Waals surface area contributed by atoms with Crippen molar-refractivity contribution < 1.29 is 29.0 Å². The average Bonchev–Trinajstić information content (AvgIpc) is 2.84. The van der Waals surface area contributed by atoms with Crippen molar-refractivity contribution in [1.29, 1.82) is 0 Å². The molecule has 1 aliphatic heterocycles. The quantitative estimate of drug-likeness (QED) is 0.361. The first-order valence-corrected chi connectivity index (χ1v) is 11.0. The monoisotopic (exact) mass is 485 g/mol. The number of imide groups is 2. The second kappa shape index (κ2) is 10.1. The fourth-order valence-corrected chi connectivity index (χ4v) is 3.66. The lowest BCUT2D eigenvalue weighted by Gasteiger charge is -2.26. The normalized spacial score (nSPS) is 14.6. The number of anilines is 2. The molecule has 1 saturated heterocycles. The molecule has 182 valence electrons. The molecule has 3 aromatic rings. The van der Waals surface area contributed by atoms with Crippen LogP contribution in [0.25, 0.3) is 6.08 Å². The number of nitrogens with one attached hydrogen (secondary N) is 2. The smallest absolute Gasteiger partial charge is 0.335 e. The molecule has 1 fully saturated rings. The van der Waals surface area contributed by atoms with Gasteiger partial charge in [-0.3, -0.25) is 19.7 Å². The molecule has 0 spiro atoms. The largest absolute Gasteiger partial charge is 0.508 e. The number of aryl methyl sites for hydroxylation is 2. The van der Waals surface area contributed by atoms with Crippen LogP contribution in [0.4, 0.5) is 16.2 Å².